The SMILES string of the molecule is CCCCOC(=O)Oc1cccc2cc3c(OC(=O)OCCCC)cccc3cc12. The Morgan fingerprint density at radius 3 is 1.53 bits per heavy atom. The van der Waals surface area contributed by atoms with Gasteiger partial charge in [0.1, 0.15) is 11.5 Å². The molecule has 0 aromatic heterocycles. The highest BCUT2D eigenvalue weighted by molar-refractivity contribution is 6.03. The Kier molecular flexibility index (Phi) is 7.49. The van der Waals surface area contributed by atoms with Gasteiger partial charge in [-0.3, -0.25) is 0 Å². The lowest BCUT2D eigenvalue weighted by molar-refractivity contribution is 0.0972. The molecular formula is C24H26O6. The molecule has 0 fully saturated rings. The Morgan fingerprint density at radius 1 is 0.700 bits per heavy atom. The third-order valence-corrected chi connectivity index (χ3v) is 4.62. The summed E-state index contributed by atoms with van der Waals surface area (Å²) in [6.07, 6.45) is 2.01. The zero-order valence-electron chi connectivity index (χ0n) is 17.3. The van der Waals surface area contributed by atoms with E-state index in [2.05, 4.69) is 0 Å². The maximum Gasteiger partial charge on any atom is 0.513 e. The van der Waals surface area contributed by atoms with Gasteiger partial charge in [-0.2, -0.15) is 0 Å². The fourth-order valence-corrected chi connectivity index (χ4v) is 3.01. The first-order valence-electron chi connectivity index (χ1n) is 10.3. The number of rotatable bonds is 8. The van der Waals surface area contributed by atoms with Gasteiger partial charge in [0.05, 0.1) is 13.2 Å². The first-order valence-corrected chi connectivity index (χ1v) is 10.3. The molecule has 158 valence electrons. The smallest absolute Gasteiger partial charge is 0.434 e. The molecule has 0 saturated carbocycles. The summed E-state index contributed by atoms with van der Waals surface area (Å²) in [5.74, 6) is 0.836. The van der Waals surface area contributed by atoms with E-state index in [0.717, 1.165) is 47.2 Å². The van der Waals surface area contributed by atoms with Crippen LogP contribution in [0, 0.1) is 0 Å². The lowest BCUT2D eigenvalue weighted by Crippen LogP contribution is -2.12. The quantitative estimate of drug-likeness (QED) is 0.180. The molecule has 0 N–H and O–H groups in total. The average Bonchev–Trinajstić information content (AvgIpc) is 2.73. The lowest BCUT2D eigenvalue weighted by Gasteiger charge is -2.11. The maximum atomic E-state index is 12.0. The predicted octanol–water partition coefficient (Wildman–Crippen LogP) is 6.62. The number of carbonyl (C=O) groups excluding carboxylic acids is 2. The molecule has 0 amide bonds. The fraction of sp³-hybridized carbons (Fsp3) is 0.333. The highest BCUT2D eigenvalue weighted by atomic mass is 16.7. The molecule has 0 heterocycles. The van der Waals surface area contributed by atoms with Crippen LogP contribution >= 0.6 is 0 Å². The molecule has 6 heteroatoms. The molecule has 0 unspecified atom stereocenters. The van der Waals surface area contributed by atoms with Crippen molar-refractivity contribution < 1.29 is 28.5 Å². The van der Waals surface area contributed by atoms with Crippen molar-refractivity contribution in [2.45, 2.75) is 39.5 Å². The van der Waals surface area contributed by atoms with Crippen molar-refractivity contribution in [2.24, 2.45) is 0 Å². The Bertz CT molecular complexity index is 943. The summed E-state index contributed by atoms with van der Waals surface area (Å²) in [5, 5.41) is 3.22. The minimum atomic E-state index is -0.719. The fourth-order valence-electron chi connectivity index (χ4n) is 3.01. The molecule has 0 aliphatic carbocycles. The third kappa shape index (κ3) is 5.41. The lowest BCUT2D eigenvalue weighted by atomic mass is 10.0. The van der Waals surface area contributed by atoms with E-state index in [4.69, 9.17) is 18.9 Å². The van der Waals surface area contributed by atoms with E-state index in [9.17, 15) is 9.59 Å². The molecule has 0 radical (unpaired) electrons. The number of carbonyl (C=O) groups is 2. The number of hydrogen-bond acceptors (Lipinski definition) is 6. The molecule has 0 aliphatic rings. The normalized spacial score (nSPS) is 10.7. The highest BCUT2D eigenvalue weighted by Crippen LogP contribution is 2.34. The first-order chi connectivity index (χ1) is 14.6. The van der Waals surface area contributed by atoms with Crippen LogP contribution in [0.1, 0.15) is 39.5 Å². The summed E-state index contributed by atoms with van der Waals surface area (Å²) < 4.78 is 21.0. The maximum absolute atomic E-state index is 12.0. The van der Waals surface area contributed by atoms with Gasteiger partial charge in [-0.25, -0.2) is 9.59 Å². The van der Waals surface area contributed by atoms with Crippen LogP contribution in [-0.4, -0.2) is 25.5 Å². The first kappa shape index (κ1) is 21.4. The van der Waals surface area contributed by atoms with Gasteiger partial charge < -0.3 is 18.9 Å². The van der Waals surface area contributed by atoms with Crippen LogP contribution in [0.4, 0.5) is 9.59 Å². The predicted molar refractivity (Wildman–Crippen MR) is 115 cm³/mol. The van der Waals surface area contributed by atoms with Gasteiger partial charge >= 0.3 is 12.3 Å². The van der Waals surface area contributed by atoms with Crippen molar-refractivity contribution in [3.8, 4) is 11.5 Å². The Labute approximate surface area is 175 Å². The van der Waals surface area contributed by atoms with Gasteiger partial charge in [0, 0.05) is 10.8 Å². The monoisotopic (exact) mass is 410 g/mol. The zero-order chi connectivity index (χ0) is 21.3. The Balaban J connectivity index is 1.86. The Hall–Kier alpha value is -3.28. The molecular weight excluding hydrogens is 384 g/mol. The van der Waals surface area contributed by atoms with Gasteiger partial charge in [-0.05, 0) is 47.9 Å². The molecule has 0 saturated heterocycles. The van der Waals surface area contributed by atoms with Crippen LogP contribution in [0.5, 0.6) is 11.5 Å². The summed E-state index contributed by atoms with van der Waals surface area (Å²) in [6.45, 7) is 4.71. The summed E-state index contributed by atoms with van der Waals surface area (Å²) in [5.41, 5.74) is 0. The van der Waals surface area contributed by atoms with Gasteiger partial charge in [0.2, 0.25) is 0 Å². The van der Waals surface area contributed by atoms with E-state index in [1.807, 2.05) is 38.1 Å². The number of ether oxygens (including phenoxy) is 4. The van der Waals surface area contributed by atoms with Crippen LogP contribution in [0.2, 0.25) is 0 Å². The number of fused-ring (bicyclic) bond motifs is 2. The molecule has 3 aromatic carbocycles. The standard InChI is InChI=1S/C24H26O6/c1-3-5-13-27-23(25)29-21-11-7-9-17-16-20-18(15-19(17)21)10-8-12-22(20)30-24(26)28-14-6-4-2/h7-12,15-16H,3-6,13-14H2,1-2H3. The van der Waals surface area contributed by atoms with E-state index >= 15 is 0 Å². The van der Waals surface area contributed by atoms with Crippen molar-refractivity contribution in [1.29, 1.82) is 0 Å². The van der Waals surface area contributed by atoms with Crippen LogP contribution in [0.15, 0.2) is 48.5 Å². The number of benzene rings is 3. The average molecular weight is 410 g/mol. The molecule has 0 spiro atoms. The van der Waals surface area contributed by atoms with Crippen molar-refractivity contribution in [1.82, 2.24) is 0 Å². The van der Waals surface area contributed by atoms with Crippen LogP contribution < -0.4 is 9.47 Å². The molecule has 3 aromatic rings. The topological polar surface area (TPSA) is 71.1 Å². The molecule has 0 atom stereocenters. The van der Waals surface area contributed by atoms with Gasteiger partial charge in [0.25, 0.3) is 0 Å². The summed E-state index contributed by atoms with van der Waals surface area (Å²) >= 11 is 0. The van der Waals surface area contributed by atoms with Crippen molar-refractivity contribution in [2.75, 3.05) is 13.2 Å². The number of unbranched alkanes of at least 4 members (excludes halogenated alkanes) is 2. The molecule has 3 rings (SSSR count). The summed E-state index contributed by atoms with van der Waals surface area (Å²) in [6, 6.07) is 14.6. The van der Waals surface area contributed by atoms with Crippen molar-refractivity contribution >= 4 is 33.9 Å². The second kappa shape index (κ2) is 10.5. The third-order valence-electron chi connectivity index (χ3n) is 4.62. The molecule has 0 aliphatic heterocycles. The van der Waals surface area contributed by atoms with Gasteiger partial charge in [-0.1, -0.05) is 51.0 Å². The van der Waals surface area contributed by atoms with Crippen molar-refractivity contribution in [3.63, 3.8) is 0 Å². The molecule has 0 bridgehead atoms. The molecule has 30 heavy (non-hydrogen) atoms. The summed E-state index contributed by atoms with van der Waals surface area (Å²) in [4.78, 5) is 23.9. The number of hydrogen-bond donors (Lipinski definition) is 0. The molecule has 6 nitrogen and oxygen atoms in total. The zero-order valence-corrected chi connectivity index (χ0v) is 17.3. The second-order valence-electron chi connectivity index (χ2n) is 6.91. The van der Waals surface area contributed by atoms with E-state index in [1.54, 1.807) is 24.3 Å². The van der Waals surface area contributed by atoms with E-state index in [1.165, 1.54) is 0 Å². The second-order valence-corrected chi connectivity index (χ2v) is 6.91. The van der Waals surface area contributed by atoms with Crippen LogP contribution in [0.25, 0.3) is 21.5 Å². The largest absolute Gasteiger partial charge is 0.513 e. The Morgan fingerprint density at radius 2 is 1.13 bits per heavy atom. The summed E-state index contributed by atoms with van der Waals surface area (Å²) in [7, 11) is 0. The van der Waals surface area contributed by atoms with Crippen LogP contribution in [-0.2, 0) is 9.47 Å². The van der Waals surface area contributed by atoms with Gasteiger partial charge in [-0.15, -0.1) is 0 Å². The van der Waals surface area contributed by atoms with E-state index < -0.39 is 12.3 Å². The highest BCUT2D eigenvalue weighted by Gasteiger charge is 2.13. The van der Waals surface area contributed by atoms with Gasteiger partial charge in [0.15, 0.2) is 0 Å². The van der Waals surface area contributed by atoms with Crippen molar-refractivity contribution in [3.05, 3.63) is 48.5 Å². The minimum absolute atomic E-state index is 0.331. The minimum Gasteiger partial charge on any atom is -0.434 e. The van der Waals surface area contributed by atoms with Crippen LogP contribution in [0.3, 0.4) is 0 Å². The van der Waals surface area contributed by atoms with E-state index in [0.29, 0.717) is 24.7 Å². The van der Waals surface area contributed by atoms with E-state index in [-0.39, 0.29) is 0 Å².